The van der Waals surface area contributed by atoms with Crippen molar-refractivity contribution in [3.8, 4) is 55.5 Å². The van der Waals surface area contributed by atoms with Gasteiger partial charge in [-0.25, -0.2) is 33.1 Å². The van der Waals surface area contributed by atoms with Crippen molar-refractivity contribution in [3.05, 3.63) is 133 Å². The standard InChI is InChI=1S/C21H19F2N5O2S.C19H15F3N6O2S/c1-12(19-24-20(26-25-19)16-8-9-17(31-16)21(2,22)23)28-18(29)10-7-15(27-28)13-5-4-6-14(11-13)30-3;1-10(16-24-17(26-25-16)18-23-9-14(31-18)19(20,21)22)28-15(29)7-6-13(27-28)11-4-3-5-12(8-11)30-2/h4-12H,1-3H3,(H,24,25,26);3-10H,1-2H3,(H,24,25,26). The van der Waals surface area contributed by atoms with Crippen molar-refractivity contribution in [3.63, 3.8) is 0 Å². The molecule has 2 aromatic carbocycles. The fourth-order valence-corrected chi connectivity index (χ4v) is 7.43. The Morgan fingerprint density at radius 1 is 0.661 bits per heavy atom. The molecule has 2 N–H and O–H groups in total. The first kappa shape index (κ1) is 43.2. The molecule has 8 aromatic rings. The van der Waals surface area contributed by atoms with Crippen molar-refractivity contribution in [1.82, 2.24) is 54.9 Å². The number of hydrogen-bond donors (Lipinski definition) is 2. The fourth-order valence-electron chi connectivity index (χ4n) is 5.84. The van der Waals surface area contributed by atoms with Gasteiger partial charge < -0.3 is 9.47 Å². The summed E-state index contributed by atoms with van der Waals surface area (Å²) in [5.74, 6) is -0.641. The molecule has 62 heavy (non-hydrogen) atoms. The van der Waals surface area contributed by atoms with Crippen molar-refractivity contribution in [2.45, 2.75) is 45.0 Å². The quantitative estimate of drug-likeness (QED) is 0.119. The molecule has 0 saturated heterocycles. The van der Waals surface area contributed by atoms with Gasteiger partial charge in [-0.1, -0.05) is 24.3 Å². The number of H-pyrrole nitrogens is 2. The first-order valence-corrected chi connectivity index (χ1v) is 20.0. The van der Waals surface area contributed by atoms with E-state index in [-0.39, 0.29) is 32.7 Å². The van der Waals surface area contributed by atoms with Crippen molar-refractivity contribution < 1.29 is 31.4 Å². The number of methoxy groups -OCH3 is 2. The largest absolute Gasteiger partial charge is 0.497 e. The van der Waals surface area contributed by atoms with Crippen LogP contribution in [0.15, 0.2) is 101 Å². The van der Waals surface area contributed by atoms with Crippen LogP contribution in [0.1, 0.15) is 54.3 Å². The Labute approximate surface area is 355 Å². The molecule has 0 fully saturated rings. The van der Waals surface area contributed by atoms with E-state index in [1.165, 1.54) is 27.6 Å². The van der Waals surface area contributed by atoms with E-state index in [9.17, 15) is 31.5 Å². The molecule has 6 aromatic heterocycles. The number of nitrogens with one attached hydrogen (secondary N) is 2. The number of aromatic amines is 2. The zero-order valence-electron chi connectivity index (χ0n) is 33.2. The van der Waals surface area contributed by atoms with Crippen molar-refractivity contribution in [2.24, 2.45) is 0 Å². The lowest BCUT2D eigenvalue weighted by atomic mass is 10.1. The molecule has 0 aliphatic carbocycles. The Kier molecular flexibility index (Phi) is 12.2. The van der Waals surface area contributed by atoms with Gasteiger partial charge in [0.05, 0.1) is 41.6 Å². The third kappa shape index (κ3) is 9.50. The fraction of sp³-hybridized carbons (Fsp3) is 0.225. The number of thiophene rings is 1. The molecule has 0 spiro atoms. The highest BCUT2D eigenvalue weighted by Crippen LogP contribution is 2.37. The Morgan fingerprint density at radius 2 is 1.18 bits per heavy atom. The zero-order valence-corrected chi connectivity index (χ0v) is 34.8. The molecular formula is C40H34F5N11O4S2. The van der Waals surface area contributed by atoms with Gasteiger partial charge in [0, 0.05) is 30.2 Å². The van der Waals surface area contributed by atoms with Crippen molar-refractivity contribution in [2.75, 3.05) is 14.2 Å². The van der Waals surface area contributed by atoms with Crippen LogP contribution in [0.3, 0.4) is 0 Å². The normalized spacial score (nSPS) is 12.7. The molecular weight excluding hydrogens is 858 g/mol. The van der Waals surface area contributed by atoms with Crippen LogP contribution in [0.4, 0.5) is 22.0 Å². The van der Waals surface area contributed by atoms with Crippen LogP contribution in [0, 0.1) is 0 Å². The summed E-state index contributed by atoms with van der Waals surface area (Å²) in [4.78, 5) is 36.8. The van der Waals surface area contributed by atoms with E-state index >= 15 is 0 Å². The lowest BCUT2D eigenvalue weighted by molar-refractivity contribution is -0.134. The highest BCUT2D eigenvalue weighted by molar-refractivity contribution is 7.15. The van der Waals surface area contributed by atoms with E-state index in [0.29, 0.717) is 50.7 Å². The maximum Gasteiger partial charge on any atom is 0.427 e. The topological polar surface area (TPSA) is 184 Å². The Morgan fingerprint density at radius 3 is 1.65 bits per heavy atom. The van der Waals surface area contributed by atoms with Gasteiger partial charge in [-0.3, -0.25) is 19.8 Å². The van der Waals surface area contributed by atoms with Crippen LogP contribution in [0.2, 0.25) is 0 Å². The van der Waals surface area contributed by atoms with Crippen LogP contribution in [0.25, 0.3) is 44.0 Å². The molecule has 2 unspecified atom stereocenters. The number of hydrogen-bond acceptors (Lipinski definition) is 13. The van der Waals surface area contributed by atoms with Crippen molar-refractivity contribution in [1.29, 1.82) is 0 Å². The molecule has 6 heterocycles. The molecule has 0 radical (unpaired) electrons. The predicted molar refractivity (Wildman–Crippen MR) is 220 cm³/mol. The lowest BCUT2D eigenvalue weighted by Gasteiger charge is -2.12. The van der Waals surface area contributed by atoms with E-state index in [1.54, 1.807) is 64.5 Å². The Bertz CT molecular complexity index is 2750. The van der Waals surface area contributed by atoms with Gasteiger partial charge >= 0.3 is 6.18 Å². The average Bonchev–Trinajstić information content (AvgIpc) is 4.11. The van der Waals surface area contributed by atoms with Crippen LogP contribution in [-0.4, -0.2) is 69.1 Å². The first-order chi connectivity index (χ1) is 29.5. The number of rotatable bonds is 11. The van der Waals surface area contributed by atoms with Crippen molar-refractivity contribution >= 4 is 22.7 Å². The highest BCUT2D eigenvalue weighted by Gasteiger charge is 2.34. The lowest BCUT2D eigenvalue weighted by Crippen LogP contribution is -2.26. The second-order valence-corrected chi connectivity index (χ2v) is 15.6. The number of ether oxygens (including phenoxy) is 2. The third-order valence-electron chi connectivity index (χ3n) is 9.15. The monoisotopic (exact) mass is 891 g/mol. The van der Waals surface area contributed by atoms with Crippen LogP contribution in [0.5, 0.6) is 11.5 Å². The maximum absolute atomic E-state index is 13.5. The molecule has 320 valence electrons. The summed E-state index contributed by atoms with van der Waals surface area (Å²) in [6.45, 7) is 4.28. The summed E-state index contributed by atoms with van der Waals surface area (Å²) < 4.78 is 78.5. The summed E-state index contributed by atoms with van der Waals surface area (Å²) in [6.07, 6.45) is -3.75. The van der Waals surface area contributed by atoms with Crippen LogP contribution >= 0.6 is 22.7 Å². The van der Waals surface area contributed by atoms with Gasteiger partial charge in [0.1, 0.15) is 40.1 Å². The third-order valence-corrected chi connectivity index (χ3v) is 11.4. The molecule has 0 amide bonds. The molecule has 2 atom stereocenters. The minimum Gasteiger partial charge on any atom is -0.497 e. The van der Waals surface area contributed by atoms with E-state index in [4.69, 9.17) is 9.47 Å². The Hall–Kier alpha value is -6.94. The highest BCUT2D eigenvalue weighted by atomic mass is 32.1. The number of halogens is 5. The van der Waals surface area contributed by atoms with E-state index < -0.39 is 29.1 Å². The molecule has 15 nitrogen and oxygen atoms in total. The molecule has 0 aliphatic heterocycles. The number of thiazole rings is 1. The Balaban J connectivity index is 0.000000186. The van der Waals surface area contributed by atoms with Crippen LogP contribution in [-0.2, 0) is 12.1 Å². The van der Waals surface area contributed by atoms with Gasteiger partial charge in [-0.05, 0) is 62.4 Å². The molecule has 8 rings (SSSR count). The number of benzene rings is 2. The van der Waals surface area contributed by atoms with E-state index in [1.807, 2.05) is 30.3 Å². The average molecular weight is 892 g/mol. The SMILES string of the molecule is COc1cccc(-c2ccc(=O)n(C(C)c3nc(-c4ccc(C(C)(F)F)s4)n[nH]3)n2)c1.COc1cccc(-c2ccc(=O)n(C(C)c3nc(-c4ncc(C(F)(F)F)s4)n[nH]3)n2)c1. The number of alkyl halides is 5. The minimum absolute atomic E-state index is 0.0133. The first-order valence-electron chi connectivity index (χ1n) is 18.4. The second kappa shape index (κ2) is 17.6. The predicted octanol–water partition coefficient (Wildman–Crippen LogP) is 8.28. The summed E-state index contributed by atoms with van der Waals surface area (Å²) >= 11 is 1.37. The number of aromatic nitrogens is 11. The van der Waals surface area contributed by atoms with Crippen LogP contribution < -0.4 is 20.6 Å². The molecule has 22 heteroatoms. The molecule has 0 aliphatic rings. The van der Waals surface area contributed by atoms with E-state index in [0.717, 1.165) is 35.6 Å². The zero-order chi connectivity index (χ0) is 44.3. The molecule has 0 bridgehead atoms. The molecule has 0 saturated carbocycles. The van der Waals surface area contributed by atoms with Gasteiger partial charge in [-0.2, -0.15) is 33.6 Å². The van der Waals surface area contributed by atoms with Gasteiger partial charge in [-0.15, -0.1) is 22.7 Å². The summed E-state index contributed by atoms with van der Waals surface area (Å²) in [5, 5.41) is 22.4. The van der Waals surface area contributed by atoms with Gasteiger partial charge in [0.25, 0.3) is 17.0 Å². The summed E-state index contributed by atoms with van der Waals surface area (Å²) in [7, 11) is 3.13. The maximum atomic E-state index is 13.5. The number of nitrogens with zero attached hydrogens (tertiary/aromatic N) is 9. The minimum atomic E-state index is -4.49. The smallest absolute Gasteiger partial charge is 0.427 e. The van der Waals surface area contributed by atoms with Gasteiger partial charge in [0.15, 0.2) is 10.8 Å². The summed E-state index contributed by atoms with van der Waals surface area (Å²) in [5.41, 5.74) is 2.01. The summed E-state index contributed by atoms with van der Waals surface area (Å²) in [6, 6.07) is 22.4. The second-order valence-electron chi connectivity index (χ2n) is 13.5. The van der Waals surface area contributed by atoms with Gasteiger partial charge in [0.2, 0.25) is 5.82 Å². The van der Waals surface area contributed by atoms with E-state index in [2.05, 4.69) is 45.5 Å².